The molecule has 0 atom stereocenters. The van der Waals surface area contributed by atoms with Crippen molar-refractivity contribution in [3.8, 4) is 5.75 Å². The molecule has 0 aliphatic rings. The highest BCUT2D eigenvalue weighted by Gasteiger charge is 2.18. The van der Waals surface area contributed by atoms with Crippen molar-refractivity contribution in [1.29, 1.82) is 0 Å². The molecule has 0 spiro atoms. The molecule has 1 aromatic carbocycles. The summed E-state index contributed by atoms with van der Waals surface area (Å²) in [5.74, 6) is 0.325. The van der Waals surface area contributed by atoms with Gasteiger partial charge in [0.1, 0.15) is 5.75 Å². The van der Waals surface area contributed by atoms with Gasteiger partial charge in [0.15, 0.2) is 0 Å². The first-order chi connectivity index (χ1) is 6.50. The molecule has 0 fully saturated rings. The van der Waals surface area contributed by atoms with Gasteiger partial charge in [-0.15, -0.1) is 0 Å². The second-order valence-corrected chi connectivity index (χ2v) is 4.65. The SMILES string of the molecule is CC(C)(C)c1cccc2c(O)c[nH]c12. The molecule has 74 valence electrons. The minimum atomic E-state index is 0.0941. The molecule has 2 rings (SSSR count). The van der Waals surface area contributed by atoms with Gasteiger partial charge in [0.25, 0.3) is 0 Å². The largest absolute Gasteiger partial charge is 0.506 e. The maximum Gasteiger partial charge on any atom is 0.140 e. The van der Waals surface area contributed by atoms with Crippen LogP contribution >= 0.6 is 0 Å². The fourth-order valence-electron chi connectivity index (χ4n) is 1.76. The predicted molar refractivity (Wildman–Crippen MR) is 58.7 cm³/mol. The third kappa shape index (κ3) is 1.27. The summed E-state index contributed by atoms with van der Waals surface area (Å²) in [4.78, 5) is 3.11. The van der Waals surface area contributed by atoms with Gasteiger partial charge in [0.05, 0.1) is 5.52 Å². The summed E-state index contributed by atoms with van der Waals surface area (Å²) in [5.41, 5.74) is 2.37. The molecule has 0 amide bonds. The highest BCUT2D eigenvalue weighted by Crippen LogP contribution is 2.32. The first-order valence-electron chi connectivity index (χ1n) is 4.79. The van der Waals surface area contributed by atoms with E-state index in [1.165, 1.54) is 5.56 Å². The van der Waals surface area contributed by atoms with Crippen molar-refractivity contribution >= 4 is 10.9 Å². The molecule has 1 aromatic heterocycles. The van der Waals surface area contributed by atoms with Crippen molar-refractivity contribution < 1.29 is 5.11 Å². The molecule has 0 saturated heterocycles. The Bertz CT molecular complexity index is 463. The smallest absolute Gasteiger partial charge is 0.140 e. The number of hydrogen-bond donors (Lipinski definition) is 2. The number of benzene rings is 1. The molecule has 2 N–H and O–H groups in total. The number of aromatic amines is 1. The Morgan fingerprint density at radius 2 is 1.93 bits per heavy atom. The number of rotatable bonds is 0. The van der Waals surface area contributed by atoms with Crippen molar-refractivity contribution in [1.82, 2.24) is 4.98 Å². The quantitative estimate of drug-likeness (QED) is 0.656. The van der Waals surface area contributed by atoms with E-state index in [0.29, 0.717) is 5.75 Å². The van der Waals surface area contributed by atoms with Crippen LogP contribution in [0.15, 0.2) is 24.4 Å². The Balaban J connectivity index is 2.79. The zero-order valence-electron chi connectivity index (χ0n) is 8.76. The standard InChI is InChI=1S/C12H15NO/c1-12(2,3)9-6-4-5-8-10(14)7-13-11(8)9/h4-7,13-14H,1-3H3. The summed E-state index contributed by atoms with van der Waals surface area (Å²) in [6.07, 6.45) is 1.64. The van der Waals surface area contributed by atoms with Gasteiger partial charge in [0.2, 0.25) is 0 Å². The third-order valence-electron chi connectivity index (χ3n) is 2.50. The molecule has 2 aromatic rings. The van der Waals surface area contributed by atoms with Crippen molar-refractivity contribution in [2.45, 2.75) is 26.2 Å². The fourth-order valence-corrected chi connectivity index (χ4v) is 1.76. The van der Waals surface area contributed by atoms with Gasteiger partial charge in [-0.2, -0.15) is 0 Å². The molecule has 2 nitrogen and oxygen atoms in total. The minimum absolute atomic E-state index is 0.0941. The van der Waals surface area contributed by atoms with Crippen molar-refractivity contribution in [2.24, 2.45) is 0 Å². The maximum absolute atomic E-state index is 9.57. The number of nitrogens with one attached hydrogen (secondary N) is 1. The van der Waals surface area contributed by atoms with Crippen LogP contribution in [-0.2, 0) is 5.41 Å². The van der Waals surface area contributed by atoms with Gasteiger partial charge in [0, 0.05) is 11.6 Å². The van der Waals surface area contributed by atoms with Gasteiger partial charge in [-0.05, 0) is 17.0 Å². The number of H-pyrrole nitrogens is 1. The van der Waals surface area contributed by atoms with Crippen LogP contribution < -0.4 is 0 Å². The van der Waals surface area contributed by atoms with E-state index in [9.17, 15) is 5.11 Å². The zero-order chi connectivity index (χ0) is 10.3. The Labute approximate surface area is 83.6 Å². The molecule has 2 heteroatoms. The van der Waals surface area contributed by atoms with E-state index in [2.05, 4.69) is 31.8 Å². The van der Waals surface area contributed by atoms with Gasteiger partial charge < -0.3 is 10.1 Å². The van der Waals surface area contributed by atoms with Crippen LogP contribution in [0.5, 0.6) is 5.75 Å². The molecule has 0 unspecified atom stereocenters. The van der Waals surface area contributed by atoms with Crippen LogP contribution in [0.25, 0.3) is 10.9 Å². The lowest BCUT2D eigenvalue weighted by Gasteiger charge is -2.19. The number of para-hydroxylation sites is 1. The Morgan fingerprint density at radius 1 is 1.21 bits per heavy atom. The summed E-state index contributed by atoms with van der Waals surface area (Å²) in [5, 5.41) is 10.5. The van der Waals surface area contributed by atoms with E-state index in [0.717, 1.165) is 10.9 Å². The summed E-state index contributed by atoms with van der Waals surface area (Å²) in [6, 6.07) is 6.01. The topological polar surface area (TPSA) is 36.0 Å². The lowest BCUT2D eigenvalue weighted by Crippen LogP contribution is -2.11. The molecule has 0 saturated carbocycles. The number of aromatic nitrogens is 1. The van der Waals surface area contributed by atoms with Crippen LogP contribution in [0.1, 0.15) is 26.3 Å². The molecule has 0 aliphatic carbocycles. The Hall–Kier alpha value is -1.44. The second-order valence-electron chi connectivity index (χ2n) is 4.65. The van der Waals surface area contributed by atoms with Gasteiger partial charge in [-0.1, -0.05) is 32.9 Å². The number of fused-ring (bicyclic) bond motifs is 1. The van der Waals surface area contributed by atoms with Crippen LogP contribution in [0, 0.1) is 0 Å². The third-order valence-corrected chi connectivity index (χ3v) is 2.50. The van der Waals surface area contributed by atoms with E-state index in [-0.39, 0.29) is 5.41 Å². The molecular weight excluding hydrogens is 174 g/mol. The molecular formula is C12H15NO. The fraction of sp³-hybridized carbons (Fsp3) is 0.333. The van der Waals surface area contributed by atoms with Crippen LogP contribution in [0.4, 0.5) is 0 Å². The monoisotopic (exact) mass is 189 g/mol. The molecule has 0 aliphatic heterocycles. The van der Waals surface area contributed by atoms with Crippen molar-refractivity contribution in [2.75, 3.05) is 0 Å². The normalized spacial score (nSPS) is 12.2. The average molecular weight is 189 g/mol. The van der Waals surface area contributed by atoms with Crippen molar-refractivity contribution in [3.63, 3.8) is 0 Å². The van der Waals surface area contributed by atoms with E-state index in [1.807, 2.05) is 12.1 Å². The highest BCUT2D eigenvalue weighted by atomic mass is 16.3. The first-order valence-corrected chi connectivity index (χ1v) is 4.79. The number of aromatic hydroxyl groups is 1. The Morgan fingerprint density at radius 3 is 2.57 bits per heavy atom. The molecule has 0 bridgehead atoms. The lowest BCUT2D eigenvalue weighted by molar-refractivity contribution is 0.481. The molecule has 1 heterocycles. The minimum Gasteiger partial charge on any atom is -0.506 e. The van der Waals surface area contributed by atoms with Crippen molar-refractivity contribution in [3.05, 3.63) is 30.0 Å². The highest BCUT2D eigenvalue weighted by molar-refractivity contribution is 5.89. The summed E-state index contributed by atoms with van der Waals surface area (Å²) < 4.78 is 0. The van der Waals surface area contributed by atoms with Crippen LogP contribution in [0.2, 0.25) is 0 Å². The first kappa shape index (κ1) is 9.13. The van der Waals surface area contributed by atoms with Gasteiger partial charge in [-0.3, -0.25) is 0 Å². The van der Waals surface area contributed by atoms with E-state index in [4.69, 9.17) is 0 Å². The zero-order valence-corrected chi connectivity index (χ0v) is 8.76. The summed E-state index contributed by atoms with van der Waals surface area (Å²) >= 11 is 0. The van der Waals surface area contributed by atoms with Crippen LogP contribution in [0.3, 0.4) is 0 Å². The number of hydrogen-bond acceptors (Lipinski definition) is 1. The Kier molecular flexibility index (Phi) is 1.81. The summed E-state index contributed by atoms with van der Waals surface area (Å²) in [6.45, 7) is 6.50. The molecule has 14 heavy (non-hydrogen) atoms. The van der Waals surface area contributed by atoms with Gasteiger partial charge in [-0.25, -0.2) is 0 Å². The van der Waals surface area contributed by atoms with E-state index in [1.54, 1.807) is 6.20 Å². The lowest BCUT2D eigenvalue weighted by atomic mass is 9.86. The predicted octanol–water partition coefficient (Wildman–Crippen LogP) is 3.17. The average Bonchev–Trinajstić information content (AvgIpc) is 2.46. The molecule has 0 radical (unpaired) electrons. The van der Waals surface area contributed by atoms with E-state index >= 15 is 0 Å². The van der Waals surface area contributed by atoms with Gasteiger partial charge >= 0.3 is 0 Å². The second kappa shape index (κ2) is 2.77. The summed E-state index contributed by atoms with van der Waals surface area (Å²) in [7, 11) is 0. The van der Waals surface area contributed by atoms with Crippen LogP contribution in [-0.4, -0.2) is 10.1 Å². The van der Waals surface area contributed by atoms with E-state index < -0.39 is 0 Å². The maximum atomic E-state index is 9.57.